The third-order valence-electron chi connectivity index (χ3n) is 6.30. The Bertz CT molecular complexity index is 1160. The van der Waals surface area contributed by atoms with E-state index < -0.39 is 6.36 Å². The zero-order valence-corrected chi connectivity index (χ0v) is 18.5. The van der Waals surface area contributed by atoms with Gasteiger partial charge in [0.05, 0.1) is 6.54 Å². The number of hydrogen-bond acceptors (Lipinski definition) is 7. The lowest BCUT2D eigenvalue weighted by molar-refractivity contribution is -0.274. The zero-order valence-electron chi connectivity index (χ0n) is 18.5. The first kappa shape index (κ1) is 21.6. The highest BCUT2D eigenvalue weighted by Gasteiger charge is 2.33. The number of ether oxygens (including phenoxy) is 2. The third kappa shape index (κ3) is 4.11. The summed E-state index contributed by atoms with van der Waals surface area (Å²) in [5.41, 5.74) is 1.69. The van der Waals surface area contributed by atoms with Crippen molar-refractivity contribution >= 4 is 17.2 Å². The van der Waals surface area contributed by atoms with Crippen LogP contribution in [0.2, 0.25) is 0 Å². The molecular weight excluding hydrogens is 437 g/mol. The van der Waals surface area contributed by atoms with Crippen molar-refractivity contribution < 1.29 is 22.6 Å². The maximum absolute atomic E-state index is 12.7. The van der Waals surface area contributed by atoms with Crippen LogP contribution in [0.4, 0.5) is 24.7 Å². The van der Waals surface area contributed by atoms with Gasteiger partial charge in [0, 0.05) is 25.7 Å². The Hall–Kier alpha value is -3.24. The van der Waals surface area contributed by atoms with Crippen molar-refractivity contribution in [3.63, 3.8) is 0 Å². The van der Waals surface area contributed by atoms with Crippen molar-refractivity contribution in [3.8, 4) is 22.9 Å². The van der Waals surface area contributed by atoms with Crippen molar-refractivity contribution in [2.24, 2.45) is 0 Å². The van der Waals surface area contributed by atoms with E-state index in [9.17, 15) is 13.2 Å². The van der Waals surface area contributed by atoms with Gasteiger partial charge in [-0.25, -0.2) is 0 Å². The summed E-state index contributed by atoms with van der Waals surface area (Å²) in [5, 5.41) is 13.4. The van der Waals surface area contributed by atoms with Gasteiger partial charge < -0.3 is 19.3 Å². The Labute approximate surface area is 188 Å². The summed E-state index contributed by atoms with van der Waals surface area (Å²) in [7, 11) is 4.03. The van der Waals surface area contributed by atoms with Crippen molar-refractivity contribution in [1.29, 1.82) is 0 Å². The molecule has 0 N–H and O–H groups in total. The molecule has 3 heterocycles. The van der Waals surface area contributed by atoms with Crippen LogP contribution < -0.4 is 19.3 Å². The molecule has 8 nitrogen and oxygen atoms in total. The summed E-state index contributed by atoms with van der Waals surface area (Å²) in [4.78, 5) is 4.29. The van der Waals surface area contributed by atoms with Gasteiger partial charge >= 0.3 is 6.36 Å². The highest BCUT2D eigenvalue weighted by Crippen LogP contribution is 2.43. The van der Waals surface area contributed by atoms with E-state index >= 15 is 0 Å². The number of anilines is 2. The molecule has 0 spiro atoms. The number of aromatic nitrogens is 4. The number of halogens is 3. The van der Waals surface area contributed by atoms with E-state index in [-0.39, 0.29) is 5.75 Å². The monoisotopic (exact) mass is 462 g/mol. The van der Waals surface area contributed by atoms with Gasteiger partial charge in [-0.05, 0) is 25.0 Å². The Morgan fingerprint density at radius 2 is 1.94 bits per heavy atom. The van der Waals surface area contributed by atoms with Crippen LogP contribution in [0, 0.1) is 0 Å². The fraction of sp³-hybridized carbons (Fsp3) is 0.500. The molecule has 1 aromatic carbocycles. The Balaban J connectivity index is 1.64. The molecule has 5 rings (SSSR count). The smallest absolute Gasteiger partial charge is 0.486 e. The van der Waals surface area contributed by atoms with Gasteiger partial charge in [0.2, 0.25) is 5.65 Å². The van der Waals surface area contributed by atoms with Gasteiger partial charge in [-0.15, -0.1) is 28.5 Å². The number of rotatable bonds is 4. The van der Waals surface area contributed by atoms with Gasteiger partial charge in [0.25, 0.3) is 0 Å². The SMILES string of the molecule is CN1CCOc2c1c(N(C)C1CCCCC1)nn1c(-c3cccc(OC(F)(F)F)c3)nnc21. The number of likely N-dealkylation sites (N-methyl/N-ethyl adjacent to an activating group) is 1. The second-order valence-corrected chi connectivity index (χ2v) is 8.51. The molecule has 2 aliphatic rings. The molecule has 1 aliphatic carbocycles. The summed E-state index contributed by atoms with van der Waals surface area (Å²) in [5.74, 6) is 1.31. The normalized spacial score (nSPS) is 17.1. The molecule has 33 heavy (non-hydrogen) atoms. The summed E-state index contributed by atoms with van der Waals surface area (Å²) < 4.78 is 49.8. The largest absolute Gasteiger partial charge is 0.573 e. The van der Waals surface area contributed by atoms with Crippen molar-refractivity contribution in [2.75, 3.05) is 37.0 Å². The van der Waals surface area contributed by atoms with Gasteiger partial charge in [-0.2, -0.15) is 4.52 Å². The minimum absolute atomic E-state index is 0.315. The Morgan fingerprint density at radius 1 is 1.15 bits per heavy atom. The maximum atomic E-state index is 12.7. The van der Waals surface area contributed by atoms with Crippen LogP contribution in [0.3, 0.4) is 0 Å². The molecule has 0 amide bonds. The molecule has 1 aliphatic heterocycles. The first-order valence-corrected chi connectivity index (χ1v) is 11.0. The number of nitrogens with zero attached hydrogens (tertiary/aromatic N) is 6. The number of alkyl halides is 3. The maximum Gasteiger partial charge on any atom is 0.573 e. The highest BCUT2D eigenvalue weighted by molar-refractivity contribution is 5.82. The van der Waals surface area contributed by atoms with Crippen LogP contribution in [0.1, 0.15) is 32.1 Å². The van der Waals surface area contributed by atoms with Crippen LogP contribution in [0.15, 0.2) is 24.3 Å². The number of hydrogen-bond donors (Lipinski definition) is 0. The molecule has 2 aromatic heterocycles. The first-order valence-electron chi connectivity index (χ1n) is 11.0. The minimum atomic E-state index is -4.78. The predicted molar refractivity (Wildman–Crippen MR) is 117 cm³/mol. The van der Waals surface area contributed by atoms with E-state index in [4.69, 9.17) is 9.84 Å². The molecule has 11 heteroatoms. The van der Waals surface area contributed by atoms with Crippen LogP contribution >= 0.6 is 0 Å². The fourth-order valence-electron chi connectivity index (χ4n) is 4.63. The average Bonchev–Trinajstić information content (AvgIpc) is 3.22. The van der Waals surface area contributed by atoms with E-state index in [1.165, 1.54) is 37.5 Å². The quantitative estimate of drug-likeness (QED) is 0.573. The van der Waals surface area contributed by atoms with Gasteiger partial charge in [-0.1, -0.05) is 31.4 Å². The van der Waals surface area contributed by atoms with Crippen molar-refractivity contribution in [2.45, 2.75) is 44.5 Å². The molecule has 1 saturated carbocycles. The van der Waals surface area contributed by atoms with Crippen molar-refractivity contribution in [1.82, 2.24) is 19.8 Å². The van der Waals surface area contributed by atoms with E-state index in [2.05, 4.69) is 24.7 Å². The minimum Gasteiger partial charge on any atom is -0.486 e. The van der Waals surface area contributed by atoms with Crippen LogP contribution in [-0.4, -0.2) is 59.5 Å². The zero-order chi connectivity index (χ0) is 23.2. The summed E-state index contributed by atoms with van der Waals surface area (Å²) in [6, 6.07) is 6.01. The second kappa shape index (κ2) is 8.27. The third-order valence-corrected chi connectivity index (χ3v) is 6.30. The van der Waals surface area contributed by atoms with E-state index in [0.29, 0.717) is 42.0 Å². The second-order valence-electron chi connectivity index (χ2n) is 8.51. The van der Waals surface area contributed by atoms with Gasteiger partial charge in [-0.3, -0.25) is 0 Å². The van der Waals surface area contributed by atoms with Gasteiger partial charge in [0.1, 0.15) is 18.0 Å². The lowest BCUT2D eigenvalue weighted by atomic mass is 9.94. The Kier molecular flexibility index (Phi) is 5.41. The molecule has 1 fully saturated rings. The molecule has 0 atom stereocenters. The topological polar surface area (TPSA) is 68.0 Å². The molecule has 3 aromatic rings. The highest BCUT2D eigenvalue weighted by atomic mass is 19.4. The average molecular weight is 462 g/mol. The Morgan fingerprint density at radius 3 is 2.70 bits per heavy atom. The lowest BCUT2D eigenvalue weighted by Crippen LogP contribution is -2.37. The van der Waals surface area contributed by atoms with Crippen LogP contribution in [0.5, 0.6) is 11.5 Å². The number of fused-ring (bicyclic) bond motifs is 3. The molecule has 0 bridgehead atoms. The van der Waals surface area contributed by atoms with E-state index in [1.54, 1.807) is 10.6 Å². The summed E-state index contributed by atoms with van der Waals surface area (Å²) in [6.07, 6.45) is 0.981. The van der Waals surface area contributed by atoms with Gasteiger partial charge in [0.15, 0.2) is 17.4 Å². The lowest BCUT2D eigenvalue weighted by Gasteiger charge is -2.36. The fourth-order valence-corrected chi connectivity index (χ4v) is 4.63. The molecule has 176 valence electrons. The molecule has 0 radical (unpaired) electrons. The predicted octanol–water partition coefficient (Wildman–Crippen LogP) is 4.29. The van der Waals surface area contributed by atoms with Crippen molar-refractivity contribution in [3.05, 3.63) is 24.3 Å². The van der Waals surface area contributed by atoms with Crippen LogP contribution in [0.25, 0.3) is 17.0 Å². The summed E-state index contributed by atoms with van der Waals surface area (Å²) >= 11 is 0. The van der Waals surface area contributed by atoms with E-state index in [1.807, 2.05) is 14.1 Å². The molecule has 0 saturated heterocycles. The standard InChI is InChI=1S/C22H25F3N6O2/c1-29-11-12-32-18-17(29)20(30(2)15-8-4-3-5-9-15)28-31-19(26-27-21(18)31)14-7-6-10-16(13-14)33-22(23,24)25/h6-7,10,13,15H,3-5,8-9,11-12H2,1-2H3. The van der Waals surface area contributed by atoms with Crippen LogP contribution in [-0.2, 0) is 0 Å². The molecular formula is C22H25F3N6O2. The molecule has 0 unspecified atom stereocenters. The first-order chi connectivity index (χ1) is 15.8. The van der Waals surface area contributed by atoms with E-state index in [0.717, 1.165) is 24.3 Å². The number of benzene rings is 1. The summed E-state index contributed by atoms with van der Waals surface area (Å²) in [6.45, 7) is 1.21.